The van der Waals surface area contributed by atoms with E-state index in [1.807, 2.05) is 45.9 Å². The molecular weight excluding hydrogens is 400 g/mol. The van der Waals surface area contributed by atoms with Gasteiger partial charge in [-0.3, -0.25) is 4.79 Å². The predicted molar refractivity (Wildman–Crippen MR) is 119 cm³/mol. The summed E-state index contributed by atoms with van der Waals surface area (Å²) in [6.07, 6.45) is 0.857. The molecule has 0 fully saturated rings. The van der Waals surface area contributed by atoms with Crippen molar-refractivity contribution in [1.29, 1.82) is 0 Å². The smallest absolute Gasteiger partial charge is 0.243 e. The number of sulfonamides is 1. The Morgan fingerprint density at radius 3 is 2.30 bits per heavy atom. The van der Waals surface area contributed by atoms with Gasteiger partial charge in [-0.15, -0.1) is 0 Å². The summed E-state index contributed by atoms with van der Waals surface area (Å²) in [5, 5.41) is 3.01. The standard InChI is InChI=1S/C23H32N2O4S/c1-6-25(7-2)30(27,28)20-12-9-19(10-13-20)11-15-23(26)24-18(4)21-16-17(3)8-14-22(21)29-5/h8-10,12-14,16,18H,6-7,11,15H2,1-5H3,(H,24,26). The molecule has 0 saturated heterocycles. The van der Waals surface area contributed by atoms with Crippen LogP contribution in [0.5, 0.6) is 5.75 Å². The molecule has 0 aliphatic rings. The maximum atomic E-state index is 12.6. The molecule has 0 aromatic heterocycles. The minimum Gasteiger partial charge on any atom is -0.496 e. The number of carbonyl (C=O) groups is 1. The molecule has 0 aliphatic carbocycles. The molecule has 1 atom stereocenters. The first-order valence-corrected chi connectivity index (χ1v) is 11.7. The van der Waals surface area contributed by atoms with Crippen molar-refractivity contribution in [2.24, 2.45) is 0 Å². The molecule has 0 radical (unpaired) electrons. The van der Waals surface area contributed by atoms with Crippen molar-refractivity contribution in [3.05, 3.63) is 59.2 Å². The van der Waals surface area contributed by atoms with Gasteiger partial charge in [-0.05, 0) is 44.0 Å². The van der Waals surface area contributed by atoms with Gasteiger partial charge in [-0.2, -0.15) is 4.31 Å². The lowest BCUT2D eigenvalue weighted by Gasteiger charge is -2.19. The molecule has 2 aromatic rings. The summed E-state index contributed by atoms with van der Waals surface area (Å²) in [7, 11) is -1.85. The Hall–Kier alpha value is -2.38. The van der Waals surface area contributed by atoms with Crippen LogP contribution in [0.2, 0.25) is 0 Å². The van der Waals surface area contributed by atoms with Gasteiger partial charge < -0.3 is 10.1 Å². The quantitative estimate of drug-likeness (QED) is 0.619. The van der Waals surface area contributed by atoms with Crippen molar-refractivity contribution in [3.8, 4) is 5.75 Å². The topological polar surface area (TPSA) is 75.7 Å². The second kappa shape index (κ2) is 10.6. The highest BCUT2D eigenvalue weighted by Gasteiger charge is 2.21. The highest BCUT2D eigenvalue weighted by molar-refractivity contribution is 7.89. The molecule has 30 heavy (non-hydrogen) atoms. The lowest BCUT2D eigenvalue weighted by Crippen LogP contribution is -2.30. The second-order valence-electron chi connectivity index (χ2n) is 7.27. The van der Waals surface area contributed by atoms with Gasteiger partial charge in [0.25, 0.3) is 0 Å². The van der Waals surface area contributed by atoms with Crippen molar-refractivity contribution in [2.45, 2.75) is 51.5 Å². The number of nitrogens with one attached hydrogen (secondary N) is 1. The molecule has 1 amide bonds. The van der Waals surface area contributed by atoms with Crippen LogP contribution in [-0.4, -0.2) is 38.8 Å². The molecule has 2 aromatic carbocycles. The van der Waals surface area contributed by atoms with Crippen LogP contribution in [-0.2, 0) is 21.2 Å². The Bertz CT molecular complexity index is 952. The van der Waals surface area contributed by atoms with Gasteiger partial charge in [0.05, 0.1) is 18.0 Å². The third-order valence-electron chi connectivity index (χ3n) is 5.14. The number of nitrogens with zero attached hydrogens (tertiary/aromatic N) is 1. The van der Waals surface area contributed by atoms with E-state index in [4.69, 9.17) is 4.74 Å². The van der Waals surface area contributed by atoms with E-state index in [0.29, 0.717) is 25.9 Å². The molecule has 7 heteroatoms. The highest BCUT2D eigenvalue weighted by atomic mass is 32.2. The molecule has 164 valence electrons. The van der Waals surface area contributed by atoms with Crippen LogP contribution in [0.15, 0.2) is 47.4 Å². The highest BCUT2D eigenvalue weighted by Crippen LogP contribution is 2.26. The summed E-state index contributed by atoms with van der Waals surface area (Å²) in [6.45, 7) is 8.45. The Morgan fingerprint density at radius 2 is 1.73 bits per heavy atom. The fourth-order valence-electron chi connectivity index (χ4n) is 3.38. The van der Waals surface area contributed by atoms with E-state index in [2.05, 4.69) is 5.32 Å². The van der Waals surface area contributed by atoms with Crippen LogP contribution in [0.25, 0.3) is 0 Å². The number of amides is 1. The van der Waals surface area contributed by atoms with Crippen LogP contribution in [0.3, 0.4) is 0 Å². The first-order valence-electron chi connectivity index (χ1n) is 10.3. The third kappa shape index (κ3) is 5.83. The van der Waals surface area contributed by atoms with E-state index in [1.165, 1.54) is 4.31 Å². The summed E-state index contributed by atoms with van der Waals surface area (Å²) in [5.74, 6) is 0.685. The maximum absolute atomic E-state index is 12.6. The van der Waals surface area contributed by atoms with E-state index < -0.39 is 10.0 Å². The Balaban J connectivity index is 1.98. The Kier molecular flexibility index (Phi) is 8.43. The molecule has 0 bridgehead atoms. The van der Waals surface area contributed by atoms with Crippen LogP contribution in [0, 0.1) is 6.92 Å². The van der Waals surface area contributed by atoms with Crippen molar-refractivity contribution in [1.82, 2.24) is 9.62 Å². The van der Waals surface area contributed by atoms with Crippen LogP contribution in [0.4, 0.5) is 0 Å². The number of aryl methyl sites for hydroxylation is 2. The van der Waals surface area contributed by atoms with E-state index in [0.717, 1.165) is 22.4 Å². The number of ether oxygens (including phenoxy) is 1. The molecule has 1 unspecified atom stereocenters. The van der Waals surface area contributed by atoms with Crippen molar-refractivity contribution >= 4 is 15.9 Å². The predicted octanol–water partition coefficient (Wildman–Crippen LogP) is 3.84. The van der Waals surface area contributed by atoms with Gasteiger partial charge >= 0.3 is 0 Å². The lowest BCUT2D eigenvalue weighted by atomic mass is 10.0. The summed E-state index contributed by atoms with van der Waals surface area (Å²) >= 11 is 0. The summed E-state index contributed by atoms with van der Waals surface area (Å²) in [6, 6.07) is 12.5. The zero-order valence-electron chi connectivity index (χ0n) is 18.4. The number of benzene rings is 2. The van der Waals surface area contributed by atoms with E-state index in [-0.39, 0.29) is 16.8 Å². The Morgan fingerprint density at radius 1 is 1.10 bits per heavy atom. The van der Waals surface area contributed by atoms with Gasteiger partial charge in [0.1, 0.15) is 5.75 Å². The van der Waals surface area contributed by atoms with Gasteiger partial charge in [-0.1, -0.05) is 43.7 Å². The van der Waals surface area contributed by atoms with Gasteiger partial charge in [0, 0.05) is 25.1 Å². The van der Waals surface area contributed by atoms with Crippen LogP contribution < -0.4 is 10.1 Å². The zero-order chi connectivity index (χ0) is 22.3. The molecule has 6 nitrogen and oxygen atoms in total. The average molecular weight is 433 g/mol. The van der Waals surface area contributed by atoms with Gasteiger partial charge in [0.15, 0.2) is 0 Å². The molecular formula is C23H32N2O4S. The zero-order valence-corrected chi connectivity index (χ0v) is 19.3. The van der Waals surface area contributed by atoms with Crippen molar-refractivity contribution < 1.29 is 17.9 Å². The lowest BCUT2D eigenvalue weighted by molar-refractivity contribution is -0.121. The maximum Gasteiger partial charge on any atom is 0.243 e. The number of carbonyl (C=O) groups excluding carboxylic acids is 1. The molecule has 0 spiro atoms. The third-order valence-corrected chi connectivity index (χ3v) is 7.20. The SMILES string of the molecule is CCN(CC)S(=O)(=O)c1ccc(CCC(=O)NC(C)c2cc(C)ccc2OC)cc1. The van der Waals surface area contributed by atoms with E-state index >= 15 is 0 Å². The molecule has 0 aliphatic heterocycles. The normalized spacial score (nSPS) is 12.6. The minimum atomic E-state index is -3.46. The first kappa shape index (κ1) is 23.9. The summed E-state index contributed by atoms with van der Waals surface area (Å²) < 4.78 is 31.9. The monoisotopic (exact) mass is 432 g/mol. The minimum absolute atomic E-state index is 0.0640. The average Bonchev–Trinajstić information content (AvgIpc) is 2.73. The number of hydrogen-bond acceptors (Lipinski definition) is 4. The van der Waals surface area contributed by atoms with Crippen molar-refractivity contribution in [2.75, 3.05) is 20.2 Å². The Labute approximate surface area is 180 Å². The van der Waals surface area contributed by atoms with Crippen molar-refractivity contribution in [3.63, 3.8) is 0 Å². The fourth-order valence-corrected chi connectivity index (χ4v) is 4.84. The molecule has 2 rings (SSSR count). The molecule has 1 N–H and O–H groups in total. The fraction of sp³-hybridized carbons (Fsp3) is 0.435. The summed E-state index contributed by atoms with van der Waals surface area (Å²) in [4.78, 5) is 12.7. The van der Waals surface area contributed by atoms with Gasteiger partial charge in [-0.25, -0.2) is 8.42 Å². The molecule has 0 heterocycles. The number of hydrogen-bond donors (Lipinski definition) is 1. The van der Waals surface area contributed by atoms with Crippen LogP contribution in [0.1, 0.15) is 49.9 Å². The van der Waals surface area contributed by atoms with Gasteiger partial charge in [0.2, 0.25) is 15.9 Å². The number of methoxy groups -OCH3 is 1. The first-order chi connectivity index (χ1) is 14.2. The molecule has 0 saturated carbocycles. The number of rotatable bonds is 10. The van der Waals surface area contributed by atoms with E-state index in [1.54, 1.807) is 31.4 Å². The van der Waals surface area contributed by atoms with E-state index in [9.17, 15) is 13.2 Å². The largest absolute Gasteiger partial charge is 0.496 e. The second-order valence-corrected chi connectivity index (χ2v) is 9.21. The van der Waals surface area contributed by atoms with Crippen LogP contribution >= 0.6 is 0 Å². The summed E-state index contributed by atoms with van der Waals surface area (Å²) in [5.41, 5.74) is 2.97.